The van der Waals surface area contributed by atoms with Crippen LogP contribution < -0.4 is 0 Å². The Morgan fingerprint density at radius 3 is 2.40 bits per heavy atom. The summed E-state index contributed by atoms with van der Waals surface area (Å²) < 4.78 is 0. The van der Waals surface area contributed by atoms with E-state index in [0.29, 0.717) is 0 Å². The first-order chi connectivity index (χ1) is 4.91. The highest BCUT2D eigenvalue weighted by atomic mass is 32.1. The van der Waals surface area contributed by atoms with Crippen LogP contribution >= 0.6 is 12.6 Å². The van der Waals surface area contributed by atoms with Gasteiger partial charge >= 0.3 is 0 Å². The number of unbranched alkanes of at least 4 members (excludes halogenated alkanes) is 1. The number of hydrogen-bond acceptors (Lipinski definition) is 1. The number of rotatable bonds is 5. The Bertz CT molecular complexity index is 103. The van der Waals surface area contributed by atoms with Gasteiger partial charge in [0.1, 0.15) is 0 Å². The Labute approximate surface area is 69.4 Å². The van der Waals surface area contributed by atoms with Gasteiger partial charge in [-0.15, -0.1) is 0 Å². The molecule has 0 aliphatic heterocycles. The number of allylic oxidation sites excluding steroid dienone is 3. The molecule has 0 aliphatic rings. The Balaban J connectivity index is 3.09. The Morgan fingerprint density at radius 2 is 1.80 bits per heavy atom. The molecule has 0 heterocycles. The molecule has 0 saturated heterocycles. The maximum Gasteiger partial charge on any atom is 0.00826 e. The zero-order chi connectivity index (χ0) is 7.66. The molecule has 0 radical (unpaired) electrons. The molecule has 0 aliphatic carbocycles. The van der Waals surface area contributed by atoms with Crippen molar-refractivity contribution >= 4 is 12.6 Å². The average molecular weight is 156 g/mol. The van der Waals surface area contributed by atoms with Gasteiger partial charge in [0.05, 0.1) is 0 Å². The van der Waals surface area contributed by atoms with Crippen LogP contribution in [0.15, 0.2) is 24.3 Å². The van der Waals surface area contributed by atoms with Crippen molar-refractivity contribution in [2.24, 2.45) is 0 Å². The van der Waals surface area contributed by atoms with E-state index in [0.717, 1.165) is 12.2 Å². The summed E-state index contributed by atoms with van der Waals surface area (Å²) in [5.74, 6) is 0.849. The third-order valence-electron chi connectivity index (χ3n) is 1.17. The Morgan fingerprint density at radius 1 is 1.10 bits per heavy atom. The standard InChI is InChI=1S/C9H16S/c1-2-3-4-5-6-7-8-9-10/h4-5,7-8,10H,2-3,6,9H2,1H3. The molecule has 0 aromatic carbocycles. The van der Waals surface area contributed by atoms with Crippen molar-refractivity contribution in [3.8, 4) is 0 Å². The van der Waals surface area contributed by atoms with Crippen molar-refractivity contribution in [1.82, 2.24) is 0 Å². The number of hydrogen-bond donors (Lipinski definition) is 1. The lowest BCUT2D eigenvalue weighted by Gasteiger charge is -1.82. The molecule has 0 aromatic rings. The summed E-state index contributed by atoms with van der Waals surface area (Å²) >= 11 is 4.05. The third kappa shape index (κ3) is 7.83. The SMILES string of the molecule is CCCC=CCC=CCS. The first-order valence-corrected chi connectivity index (χ1v) is 4.46. The highest BCUT2D eigenvalue weighted by molar-refractivity contribution is 7.80. The zero-order valence-corrected chi connectivity index (χ0v) is 7.48. The van der Waals surface area contributed by atoms with Crippen LogP contribution in [0.25, 0.3) is 0 Å². The summed E-state index contributed by atoms with van der Waals surface area (Å²) in [4.78, 5) is 0. The lowest BCUT2D eigenvalue weighted by Crippen LogP contribution is -1.63. The van der Waals surface area contributed by atoms with Crippen LogP contribution in [0, 0.1) is 0 Å². The van der Waals surface area contributed by atoms with Crippen LogP contribution in [0.1, 0.15) is 26.2 Å². The lowest BCUT2D eigenvalue weighted by molar-refractivity contribution is 0.954. The van der Waals surface area contributed by atoms with Crippen molar-refractivity contribution < 1.29 is 0 Å². The minimum Gasteiger partial charge on any atom is -0.175 e. The first kappa shape index (κ1) is 9.83. The first-order valence-electron chi connectivity index (χ1n) is 3.82. The van der Waals surface area contributed by atoms with E-state index in [-0.39, 0.29) is 0 Å². The van der Waals surface area contributed by atoms with Crippen molar-refractivity contribution in [2.45, 2.75) is 26.2 Å². The van der Waals surface area contributed by atoms with Crippen molar-refractivity contribution in [3.63, 3.8) is 0 Å². The molecule has 0 aromatic heterocycles. The summed E-state index contributed by atoms with van der Waals surface area (Å²) in [6, 6.07) is 0. The van der Waals surface area contributed by atoms with Gasteiger partial charge in [0.2, 0.25) is 0 Å². The van der Waals surface area contributed by atoms with Gasteiger partial charge in [-0.25, -0.2) is 0 Å². The lowest BCUT2D eigenvalue weighted by atomic mass is 10.3. The van der Waals surface area contributed by atoms with Gasteiger partial charge in [-0.1, -0.05) is 37.6 Å². The van der Waals surface area contributed by atoms with Crippen molar-refractivity contribution in [3.05, 3.63) is 24.3 Å². The fourth-order valence-corrected chi connectivity index (χ4v) is 0.779. The Kier molecular flexibility index (Phi) is 8.68. The monoisotopic (exact) mass is 156 g/mol. The second-order valence-corrected chi connectivity index (χ2v) is 2.51. The molecule has 0 bridgehead atoms. The molecule has 0 nitrogen and oxygen atoms in total. The summed E-state index contributed by atoms with van der Waals surface area (Å²) in [5.41, 5.74) is 0. The largest absolute Gasteiger partial charge is 0.175 e. The summed E-state index contributed by atoms with van der Waals surface area (Å²) in [6.07, 6.45) is 12.1. The van der Waals surface area contributed by atoms with E-state index < -0.39 is 0 Å². The van der Waals surface area contributed by atoms with E-state index in [9.17, 15) is 0 Å². The topological polar surface area (TPSA) is 0 Å². The van der Waals surface area contributed by atoms with Crippen LogP contribution in [0.4, 0.5) is 0 Å². The molecule has 0 unspecified atom stereocenters. The molecule has 0 fully saturated rings. The molecule has 1 heteroatoms. The molecule has 58 valence electrons. The van der Waals surface area contributed by atoms with Gasteiger partial charge < -0.3 is 0 Å². The van der Waals surface area contributed by atoms with Crippen molar-refractivity contribution in [1.29, 1.82) is 0 Å². The van der Waals surface area contributed by atoms with E-state index in [1.54, 1.807) is 0 Å². The second-order valence-electron chi connectivity index (χ2n) is 2.15. The van der Waals surface area contributed by atoms with Crippen LogP contribution in [-0.2, 0) is 0 Å². The zero-order valence-electron chi connectivity index (χ0n) is 6.59. The van der Waals surface area contributed by atoms with Gasteiger partial charge in [-0.2, -0.15) is 12.6 Å². The molecular weight excluding hydrogens is 140 g/mol. The third-order valence-corrected chi connectivity index (χ3v) is 1.38. The van der Waals surface area contributed by atoms with E-state index in [4.69, 9.17) is 0 Å². The minimum atomic E-state index is 0.849. The van der Waals surface area contributed by atoms with Crippen LogP contribution in [0.5, 0.6) is 0 Å². The molecule has 0 spiro atoms. The van der Waals surface area contributed by atoms with Gasteiger partial charge in [-0.3, -0.25) is 0 Å². The van der Waals surface area contributed by atoms with E-state index in [1.807, 2.05) is 0 Å². The van der Waals surface area contributed by atoms with Gasteiger partial charge in [0, 0.05) is 5.75 Å². The molecule has 0 saturated carbocycles. The molecule has 0 amide bonds. The molecule has 10 heavy (non-hydrogen) atoms. The molecular formula is C9H16S. The maximum absolute atomic E-state index is 4.05. The summed E-state index contributed by atoms with van der Waals surface area (Å²) in [5, 5.41) is 0. The highest BCUT2D eigenvalue weighted by Crippen LogP contribution is 1.92. The van der Waals surface area contributed by atoms with Crippen LogP contribution in [0.2, 0.25) is 0 Å². The van der Waals surface area contributed by atoms with E-state index >= 15 is 0 Å². The Hall–Kier alpha value is -0.170. The van der Waals surface area contributed by atoms with Gasteiger partial charge in [0.25, 0.3) is 0 Å². The van der Waals surface area contributed by atoms with Gasteiger partial charge in [-0.05, 0) is 12.8 Å². The van der Waals surface area contributed by atoms with E-state index in [1.165, 1.54) is 12.8 Å². The number of thiol groups is 1. The summed E-state index contributed by atoms with van der Waals surface area (Å²) in [7, 11) is 0. The van der Waals surface area contributed by atoms with E-state index in [2.05, 4.69) is 43.9 Å². The quantitative estimate of drug-likeness (QED) is 0.458. The van der Waals surface area contributed by atoms with Crippen LogP contribution in [-0.4, -0.2) is 5.75 Å². The molecule has 0 rings (SSSR count). The fourth-order valence-electron chi connectivity index (χ4n) is 0.630. The fraction of sp³-hybridized carbons (Fsp3) is 0.556. The van der Waals surface area contributed by atoms with Crippen LogP contribution in [0.3, 0.4) is 0 Å². The molecule has 0 atom stereocenters. The average Bonchev–Trinajstić information content (AvgIpc) is 1.97. The molecule has 0 N–H and O–H groups in total. The predicted molar refractivity (Wildman–Crippen MR) is 51.7 cm³/mol. The second kappa shape index (κ2) is 8.83. The highest BCUT2D eigenvalue weighted by Gasteiger charge is 1.71. The predicted octanol–water partition coefficient (Wildman–Crippen LogP) is 3.22. The maximum atomic E-state index is 4.05. The summed E-state index contributed by atoms with van der Waals surface area (Å²) in [6.45, 7) is 2.19. The van der Waals surface area contributed by atoms with Gasteiger partial charge in [0.15, 0.2) is 0 Å². The minimum absolute atomic E-state index is 0.849. The van der Waals surface area contributed by atoms with Crippen molar-refractivity contribution in [2.75, 3.05) is 5.75 Å². The normalized spacial score (nSPS) is 11.8. The smallest absolute Gasteiger partial charge is 0.00826 e.